The normalized spacial score (nSPS) is 12.7. The van der Waals surface area contributed by atoms with Crippen molar-refractivity contribution in [2.24, 2.45) is 0 Å². The predicted molar refractivity (Wildman–Crippen MR) is 72.0 cm³/mol. The first-order chi connectivity index (χ1) is 8.08. The molecule has 0 bridgehead atoms. The molecule has 0 saturated carbocycles. The van der Waals surface area contributed by atoms with Gasteiger partial charge in [0.2, 0.25) is 0 Å². The summed E-state index contributed by atoms with van der Waals surface area (Å²) in [5, 5.41) is 9.32. The van der Waals surface area contributed by atoms with Crippen molar-refractivity contribution in [3.63, 3.8) is 0 Å². The molecule has 0 radical (unpaired) electrons. The van der Waals surface area contributed by atoms with Crippen LogP contribution in [0.3, 0.4) is 0 Å². The molecule has 3 heteroatoms. The van der Waals surface area contributed by atoms with Crippen LogP contribution in [0.5, 0.6) is 0 Å². The second kappa shape index (κ2) is 5.07. The zero-order chi connectivity index (χ0) is 12.4. The molecular weight excluding hydrogens is 280 g/mol. The summed E-state index contributed by atoms with van der Waals surface area (Å²) in [6, 6.07) is 9.93. The van der Waals surface area contributed by atoms with Crippen LogP contribution in [0.2, 0.25) is 0 Å². The van der Waals surface area contributed by atoms with Gasteiger partial charge in [-0.25, -0.2) is 0 Å². The van der Waals surface area contributed by atoms with Crippen molar-refractivity contribution >= 4 is 15.9 Å². The topological polar surface area (TPSA) is 33.4 Å². The molecule has 1 aromatic heterocycles. The highest BCUT2D eigenvalue weighted by atomic mass is 79.9. The van der Waals surface area contributed by atoms with E-state index in [0.717, 1.165) is 21.6 Å². The van der Waals surface area contributed by atoms with Gasteiger partial charge in [-0.05, 0) is 47.5 Å². The van der Waals surface area contributed by atoms with Gasteiger partial charge in [0.1, 0.15) is 11.5 Å². The fourth-order valence-electron chi connectivity index (χ4n) is 1.76. The van der Waals surface area contributed by atoms with E-state index in [1.165, 1.54) is 5.56 Å². The lowest BCUT2D eigenvalue weighted by Gasteiger charge is -2.04. The summed E-state index contributed by atoms with van der Waals surface area (Å²) < 4.78 is 6.78. The van der Waals surface area contributed by atoms with Crippen molar-refractivity contribution in [2.45, 2.75) is 26.4 Å². The van der Waals surface area contributed by atoms with E-state index >= 15 is 0 Å². The maximum atomic E-state index is 9.32. The van der Waals surface area contributed by atoms with Gasteiger partial charge in [-0.2, -0.15) is 0 Å². The zero-order valence-electron chi connectivity index (χ0n) is 9.90. The van der Waals surface area contributed by atoms with Crippen molar-refractivity contribution in [1.29, 1.82) is 0 Å². The van der Waals surface area contributed by atoms with E-state index in [1.807, 2.05) is 37.3 Å². The molecular formula is C14H15BrO2. The Labute approximate surface area is 109 Å². The van der Waals surface area contributed by atoms with Gasteiger partial charge < -0.3 is 9.52 Å². The summed E-state index contributed by atoms with van der Waals surface area (Å²) in [5.74, 6) is 1.64. The quantitative estimate of drug-likeness (QED) is 0.930. The monoisotopic (exact) mass is 294 g/mol. The first-order valence-electron chi connectivity index (χ1n) is 5.60. The molecule has 2 nitrogen and oxygen atoms in total. The van der Waals surface area contributed by atoms with E-state index < -0.39 is 0 Å². The Kier molecular flexibility index (Phi) is 3.69. The van der Waals surface area contributed by atoms with Crippen LogP contribution >= 0.6 is 15.9 Å². The molecule has 1 atom stereocenters. The van der Waals surface area contributed by atoms with E-state index in [4.69, 9.17) is 4.42 Å². The molecule has 0 spiro atoms. The number of aliphatic hydroxyl groups excluding tert-OH is 1. The number of halogens is 1. The lowest BCUT2D eigenvalue weighted by Crippen LogP contribution is -2.02. The van der Waals surface area contributed by atoms with Crippen LogP contribution in [-0.2, 0) is 6.42 Å². The first-order valence-corrected chi connectivity index (χ1v) is 6.39. The molecule has 0 amide bonds. The van der Waals surface area contributed by atoms with E-state index in [1.54, 1.807) is 6.92 Å². The highest BCUT2D eigenvalue weighted by Gasteiger charge is 2.10. The molecule has 0 aliphatic heterocycles. The smallest absolute Gasteiger partial charge is 0.135 e. The van der Waals surface area contributed by atoms with E-state index in [2.05, 4.69) is 15.9 Å². The summed E-state index contributed by atoms with van der Waals surface area (Å²) in [6.45, 7) is 3.80. The molecule has 2 aromatic rings. The average Bonchev–Trinajstić information content (AvgIpc) is 2.69. The Balaban J connectivity index is 2.34. The fourth-order valence-corrected chi connectivity index (χ4v) is 2.22. The van der Waals surface area contributed by atoms with Crippen LogP contribution in [-0.4, -0.2) is 11.2 Å². The zero-order valence-corrected chi connectivity index (χ0v) is 11.5. The summed E-state index contributed by atoms with van der Waals surface area (Å²) in [6.07, 6.45) is 0.165. The SMILES string of the molecule is Cc1cccc(-c2ccc(CC(C)O)o2)c1Br. The molecule has 0 fully saturated rings. The number of rotatable bonds is 3. The van der Waals surface area contributed by atoms with Crippen molar-refractivity contribution in [1.82, 2.24) is 0 Å². The van der Waals surface area contributed by atoms with Gasteiger partial charge in [-0.1, -0.05) is 18.2 Å². The second-order valence-electron chi connectivity index (χ2n) is 4.26. The van der Waals surface area contributed by atoms with E-state index in [-0.39, 0.29) is 6.10 Å². The van der Waals surface area contributed by atoms with Gasteiger partial charge in [0, 0.05) is 16.5 Å². The molecule has 17 heavy (non-hydrogen) atoms. The Morgan fingerprint density at radius 2 is 2.06 bits per heavy atom. The first kappa shape index (κ1) is 12.4. The number of aryl methyl sites for hydroxylation is 1. The average molecular weight is 295 g/mol. The van der Waals surface area contributed by atoms with Crippen LogP contribution < -0.4 is 0 Å². The molecule has 1 heterocycles. The summed E-state index contributed by atoms with van der Waals surface area (Å²) in [4.78, 5) is 0. The van der Waals surface area contributed by atoms with Crippen LogP contribution in [0.25, 0.3) is 11.3 Å². The Morgan fingerprint density at radius 3 is 2.76 bits per heavy atom. The maximum absolute atomic E-state index is 9.32. The Hall–Kier alpha value is -1.06. The minimum absolute atomic E-state index is 0.380. The number of benzene rings is 1. The molecule has 1 N–H and O–H groups in total. The van der Waals surface area contributed by atoms with Crippen LogP contribution in [0, 0.1) is 6.92 Å². The predicted octanol–water partition coefficient (Wildman–Crippen LogP) is 3.94. The van der Waals surface area contributed by atoms with Crippen molar-refractivity contribution in [3.8, 4) is 11.3 Å². The van der Waals surface area contributed by atoms with E-state index in [0.29, 0.717) is 6.42 Å². The highest BCUT2D eigenvalue weighted by Crippen LogP contribution is 2.32. The molecule has 1 aromatic carbocycles. The largest absolute Gasteiger partial charge is 0.461 e. The molecule has 0 saturated heterocycles. The van der Waals surface area contributed by atoms with Crippen molar-refractivity contribution in [3.05, 3.63) is 46.1 Å². The minimum atomic E-state index is -0.380. The third-order valence-electron chi connectivity index (χ3n) is 2.62. The molecule has 0 aliphatic carbocycles. The standard InChI is InChI=1S/C14H15BrO2/c1-9-4-3-5-12(14(9)15)13-7-6-11(17-13)8-10(2)16/h3-7,10,16H,8H2,1-2H3. The van der Waals surface area contributed by atoms with Crippen molar-refractivity contribution in [2.75, 3.05) is 0 Å². The lowest BCUT2D eigenvalue weighted by atomic mass is 10.1. The van der Waals surface area contributed by atoms with Crippen LogP contribution in [0.4, 0.5) is 0 Å². The lowest BCUT2D eigenvalue weighted by molar-refractivity contribution is 0.187. The Bertz CT molecular complexity index is 515. The van der Waals surface area contributed by atoms with Gasteiger partial charge >= 0.3 is 0 Å². The van der Waals surface area contributed by atoms with Gasteiger partial charge in [0.05, 0.1) is 6.10 Å². The minimum Gasteiger partial charge on any atom is -0.461 e. The van der Waals surface area contributed by atoms with E-state index in [9.17, 15) is 5.11 Å². The Morgan fingerprint density at radius 1 is 1.29 bits per heavy atom. The van der Waals surface area contributed by atoms with Gasteiger partial charge in [0.25, 0.3) is 0 Å². The third kappa shape index (κ3) is 2.79. The van der Waals surface area contributed by atoms with Gasteiger partial charge in [-0.3, -0.25) is 0 Å². The van der Waals surface area contributed by atoms with Crippen LogP contribution in [0.1, 0.15) is 18.2 Å². The third-order valence-corrected chi connectivity index (χ3v) is 3.67. The number of hydrogen-bond acceptors (Lipinski definition) is 2. The maximum Gasteiger partial charge on any atom is 0.135 e. The number of aliphatic hydroxyl groups is 1. The fraction of sp³-hybridized carbons (Fsp3) is 0.286. The summed E-state index contributed by atoms with van der Waals surface area (Å²) in [5.41, 5.74) is 2.22. The molecule has 1 unspecified atom stereocenters. The summed E-state index contributed by atoms with van der Waals surface area (Å²) >= 11 is 3.57. The molecule has 2 rings (SSSR count). The molecule has 0 aliphatic rings. The van der Waals surface area contributed by atoms with Crippen LogP contribution in [0.15, 0.2) is 39.2 Å². The highest BCUT2D eigenvalue weighted by molar-refractivity contribution is 9.10. The van der Waals surface area contributed by atoms with Gasteiger partial charge in [-0.15, -0.1) is 0 Å². The summed E-state index contributed by atoms with van der Waals surface area (Å²) in [7, 11) is 0. The molecule has 90 valence electrons. The van der Waals surface area contributed by atoms with Gasteiger partial charge in [0.15, 0.2) is 0 Å². The number of hydrogen-bond donors (Lipinski definition) is 1. The second-order valence-corrected chi connectivity index (χ2v) is 5.05. The number of furan rings is 1. The van der Waals surface area contributed by atoms with Crippen molar-refractivity contribution < 1.29 is 9.52 Å².